The Morgan fingerprint density at radius 2 is 2.10 bits per heavy atom. The van der Waals surface area contributed by atoms with Gasteiger partial charge in [0.25, 0.3) is 10.0 Å². The summed E-state index contributed by atoms with van der Waals surface area (Å²) >= 11 is 0. The summed E-state index contributed by atoms with van der Waals surface area (Å²) in [6, 6.07) is 6.91. The summed E-state index contributed by atoms with van der Waals surface area (Å²) in [5, 5.41) is 14.1. The maximum Gasteiger partial charge on any atom is 0.340 e. The molecule has 0 aliphatic carbocycles. The average molecular weight is 295 g/mol. The highest BCUT2D eigenvalue weighted by molar-refractivity contribution is 7.92. The highest BCUT2D eigenvalue weighted by atomic mass is 32.2. The molecule has 0 saturated heterocycles. The van der Waals surface area contributed by atoms with Gasteiger partial charge in [-0.25, -0.2) is 4.79 Å². The number of sulfonamides is 1. The molecule has 106 valence electrons. The topological polar surface area (TPSA) is 112 Å². The molecule has 1 heterocycles. The third-order valence-electron chi connectivity index (χ3n) is 2.75. The molecule has 0 fully saturated rings. The molecule has 0 aliphatic rings. The van der Waals surface area contributed by atoms with E-state index in [1.807, 2.05) is 6.92 Å². The van der Waals surface area contributed by atoms with Crippen LogP contribution in [-0.2, 0) is 16.4 Å². The van der Waals surface area contributed by atoms with E-state index in [4.69, 9.17) is 5.11 Å². The van der Waals surface area contributed by atoms with Crippen LogP contribution < -0.4 is 4.72 Å². The number of H-pyrrole nitrogens is 1. The van der Waals surface area contributed by atoms with Crippen LogP contribution in [-0.4, -0.2) is 29.7 Å². The Balaban J connectivity index is 2.41. The molecule has 0 atom stereocenters. The zero-order chi connectivity index (χ0) is 14.8. The van der Waals surface area contributed by atoms with E-state index >= 15 is 0 Å². The predicted molar refractivity (Wildman–Crippen MR) is 72.2 cm³/mol. The summed E-state index contributed by atoms with van der Waals surface area (Å²) in [5.74, 6) is -1.36. The Labute approximate surface area is 115 Å². The number of nitrogens with zero attached hydrogens (tertiary/aromatic N) is 1. The van der Waals surface area contributed by atoms with Crippen molar-refractivity contribution in [3.8, 4) is 0 Å². The normalized spacial score (nSPS) is 11.2. The van der Waals surface area contributed by atoms with Gasteiger partial charge >= 0.3 is 5.97 Å². The zero-order valence-corrected chi connectivity index (χ0v) is 11.4. The van der Waals surface area contributed by atoms with E-state index in [0.29, 0.717) is 12.1 Å². The lowest BCUT2D eigenvalue weighted by Gasteiger charge is -2.10. The van der Waals surface area contributed by atoms with Gasteiger partial charge in [0, 0.05) is 0 Å². The number of aryl methyl sites for hydroxylation is 1. The minimum atomic E-state index is -4.03. The van der Waals surface area contributed by atoms with Crippen molar-refractivity contribution in [3.63, 3.8) is 0 Å². The molecule has 1 aromatic heterocycles. The highest BCUT2D eigenvalue weighted by Gasteiger charge is 2.25. The number of anilines is 1. The van der Waals surface area contributed by atoms with Gasteiger partial charge in [-0.1, -0.05) is 25.1 Å². The molecule has 8 heteroatoms. The van der Waals surface area contributed by atoms with Gasteiger partial charge in [-0.05, 0) is 18.1 Å². The second-order valence-corrected chi connectivity index (χ2v) is 5.65. The van der Waals surface area contributed by atoms with Crippen LogP contribution in [0.2, 0.25) is 0 Å². The van der Waals surface area contributed by atoms with Crippen molar-refractivity contribution in [2.24, 2.45) is 0 Å². The van der Waals surface area contributed by atoms with E-state index < -0.39 is 26.6 Å². The molecule has 0 unspecified atom stereocenters. The first kappa shape index (κ1) is 14.1. The molecule has 0 spiro atoms. The van der Waals surface area contributed by atoms with Gasteiger partial charge < -0.3 is 5.11 Å². The first-order valence-electron chi connectivity index (χ1n) is 5.83. The minimum absolute atomic E-state index is 0.397. The Bertz CT molecular complexity index is 737. The molecule has 2 rings (SSSR count). The van der Waals surface area contributed by atoms with Crippen LogP contribution in [0.3, 0.4) is 0 Å². The second-order valence-electron chi connectivity index (χ2n) is 4.03. The van der Waals surface area contributed by atoms with E-state index in [0.717, 1.165) is 11.8 Å². The van der Waals surface area contributed by atoms with Gasteiger partial charge in [0.1, 0.15) is 5.56 Å². The fourth-order valence-corrected chi connectivity index (χ4v) is 2.95. The molecule has 7 nitrogen and oxygen atoms in total. The molecule has 1 aromatic carbocycles. The lowest BCUT2D eigenvalue weighted by atomic mass is 10.1. The number of carboxylic acids is 1. The maximum absolute atomic E-state index is 12.2. The van der Waals surface area contributed by atoms with Gasteiger partial charge in [0.05, 0.1) is 11.9 Å². The summed E-state index contributed by atoms with van der Waals surface area (Å²) in [4.78, 5) is 11.0. The SMILES string of the molecule is CCc1ccccc1NS(=O)(=O)c1[nH]ncc1C(=O)O. The highest BCUT2D eigenvalue weighted by Crippen LogP contribution is 2.21. The molecule has 2 aromatic rings. The van der Waals surface area contributed by atoms with Crippen molar-refractivity contribution >= 4 is 21.7 Å². The van der Waals surface area contributed by atoms with Gasteiger partial charge in [-0.2, -0.15) is 13.5 Å². The van der Waals surface area contributed by atoms with E-state index in [2.05, 4.69) is 14.9 Å². The molecule has 0 saturated carbocycles. The minimum Gasteiger partial charge on any atom is -0.478 e. The summed E-state index contributed by atoms with van der Waals surface area (Å²) in [7, 11) is -4.03. The van der Waals surface area contributed by atoms with E-state index in [-0.39, 0.29) is 0 Å². The van der Waals surface area contributed by atoms with E-state index in [1.165, 1.54) is 0 Å². The molecule has 0 radical (unpaired) electrons. The molecule has 0 bridgehead atoms. The van der Waals surface area contributed by atoms with Crippen molar-refractivity contribution in [2.45, 2.75) is 18.4 Å². The van der Waals surface area contributed by atoms with Crippen molar-refractivity contribution in [2.75, 3.05) is 4.72 Å². The summed E-state index contributed by atoms with van der Waals surface area (Å²) in [5.41, 5.74) is 0.833. The van der Waals surface area contributed by atoms with E-state index in [9.17, 15) is 13.2 Å². The van der Waals surface area contributed by atoms with Crippen LogP contribution in [0.1, 0.15) is 22.8 Å². The number of carbonyl (C=O) groups is 1. The third-order valence-corrected chi connectivity index (χ3v) is 4.08. The maximum atomic E-state index is 12.2. The lowest BCUT2D eigenvalue weighted by molar-refractivity contribution is 0.0692. The number of aromatic carboxylic acids is 1. The first-order valence-corrected chi connectivity index (χ1v) is 7.31. The van der Waals surface area contributed by atoms with Crippen LogP contribution in [0, 0.1) is 0 Å². The number of benzene rings is 1. The monoisotopic (exact) mass is 295 g/mol. The number of hydrogen-bond donors (Lipinski definition) is 3. The van der Waals surface area contributed by atoms with Crippen LogP contribution in [0.4, 0.5) is 5.69 Å². The molecule has 0 amide bonds. The Morgan fingerprint density at radius 3 is 2.75 bits per heavy atom. The van der Waals surface area contributed by atoms with Crippen LogP contribution in [0.25, 0.3) is 0 Å². The zero-order valence-electron chi connectivity index (χ0n) is 10.6. The standard InChI is InChI=1S/C12H13N3O4S/c1-2-8-5-3-4-6-10(8)15-20(18,19)11-9(12(16)17)7-13-14-11/h3-7,15H,2H2,1H3,(H,13,14)(H,16,17). The van der Waals surface area contributed by atoms with Gasteiger partial charge in [-0.15, -0.1) is 0 Å². The van der Waals surface area contributed by atoms with Crippen LogP contribution >= 0.6 is 0 Å². The molecule has 0 aliphatic heterocycles. The number of aromatic amines is 1. The number of nitrogens with one attached hydrogen (secondary N) is 2. The number of aromatic nitrogens is 2. The van der Waals surface area contributed by atoms with Crippen LogP contribution in [0.5, 0.6) is 0 Å². The predicted octanol–water partition coefficient (Wildman–Crippen LogP) is 1.47. The van der Waals surface area contributed by atoms with Gasteiger partial charge in [0.15, 0.2) is 5.03 Å². The van der Waals surface area contributed by atoms with Gasteiger partial charge in [-0.3, -0.25) is 9.82 Å². The van der Waals surface area contributed by atoms with Crippen molar-refractivity contribution in [1.82, 2.24) is 10.2 Å². The molecular weight excluding hydrogens is 282 g/mol. The average Bonchev–Trinajstić information content (AvgIpc) is 2.89. The number of hydrogen-bond acceptors (Lipinski definition) is 4. The molecule has 20 heavy (non-hydrogen) atoms. The van der Waals surface area contributed by atoms with Crippen molar-refractivity contribution in [3.05, 3.63) is 41.6 Å². The largest absolute Gasteiger partial charge is 0.478 e. The third kappa shape index (κ3) is 2.64. The van der Waals surface area contributed by atoms with Gasteiger partial charge in [0.2, 0.25) is 0 Å². The second kappa shape index (κ2) is 5.33. The fourth-order valence-electron chi connectivity index (χ4n) is 1.76. The Morgan fingerprint density at radius 1 is 1.40 bits per heavy atom. The summed E-state index contributed by atoms with van der Waals surface area (Å²) < 4.78 is 26.8. The Hall–Kier alpha value is -2.35. The summed E-state index contributed by atoms with van der Waals surface area (Å²) in [6.45, 7) is 1.89. The Kier molecular flexibility index (Phi) is 3.75. The first-order chi connectivity index (χ1) is 9.45. The van der Waals surface area contributed by atoms with E-state index in [1.54, 1.807) is 24.3 Å². The molecular formula is C12H13N3O4S. The summed E-state index contributed by atoms with van der Waals surface area (Å²) in [6.07, 6.45) is 1.61. The fraction of sp³-hybridized carbons (Fsp3) is 0.167. The van der Waals surface area contributed by atoms with Crippen molar-refractivity contribution < 1.29 is 18.3 Å². The quantitative estimate of drug-likeness (QED) is 0.773. The number of para-hydroxylation sites is 1. The number of carboxylic acid groups (broad SMARTS) is 1. The molecule has 3 N–H and O–H groups in total. The van der Waals surface area contributed by atoms with Crippen molar-refractivity contribution in [1.29, 1.82) is 0 Å². The lowest BCUT2D eigenvalue weighted by Crippen LogP contribution is -2.17. The van der Waals surface area contributed by atoms with Crippen LogP contribution in [0.15, 0.2) is 35.5 Å². The number of rotatable bonds is 5. The smallest absolute Gasteiger partial charge is 0.340 e.